The zero-order chi connectivity index (χ0) is 26.5. The average Bonchev–Trinajstić information content (AvgIpc) is 3.05. The fraction of sp³-hybridized carbons (Fsp3) is 0.448. The monoisotopic (exact) mass is 492 g/mol. The zero-order valence-electron chi connectivity index (χ0n) is 22.1. The summed E-state index contributed by atoms with van der Waals surface area (Å²) in [5.41, 5.74) is -0.0254. The van der Waals surface area contributed by atoms with Gasteiger partial charge >= 0.3 is 5.97 Å². The van der Waals surface area contributed by atoms with Crippen LogP contribution in [0, 0.1) is 0 Å². The number of esters is 1. The molecule has 0 aromatic heterocycles. The fourth-order valence-corrected chi connectivity index (χ4v) is 4.02. The van der Waals surface area contributed by atoms with Gasteiger partial charge in [0.1, 0.15) is 17.1 Å². The van der Waals surface area contributed by atoms with Crippen molar-refractivity contribution in [2.75, 3.05) is 6.61 Å². The minimum Gasteiger partial charge on any atom is -0.476 e. The van der Waals surface area contributed by atoms with Crippen LogP contribution in [-0.4, -0.2) is 46.1 Å². The number of rotatable bonds is 11. The number of benzene rings is 2. The first-order valence-corrected chi connectivity index (χ1v) is 12.5. The molecule has 0 atom stereocenters. The summed E-state index contributed by atoms with van der Waals surface area (Å²) in [6.07, 6.45) is 2.78. The lowest BCUT2D eigenvalue weighted by atomic mass is 10.0. The third-order valence-corrected chi connectivity index (χ3v) is 6.04. The summed E-state index contributed by atoms with van der Waals surface area (Å²) >= 11 is 0. The van der Waals surface area contributed by atoms with Gasteiger partial charge in [0.15, 0.2) is 11.4 Å². The third kappa shape index (κ3) is 6.20. The Hall–Kier alpha value is -3.48. The first-order chi connectivity index (χ1) is 17.0. The number of amidine groups is 1. The van der Waals surface area contributed by atoms with Gasteiger partial charge in [0.05, 0.1) is 13.2 Å². The molecule has 0 bridgehead atoms. The predicted octanol–water partition coefficient (Wildman–Crippen LogP) is 5.35. The minimum atomic E-state index is -1.18. The van der Waals surface area contributed by atoms with Crippen LogP contribution in [0.1, 0.15) is 82.3 Å². The highest BCUT2D eigenvalue weighted by atomic mass is 16.6. The summed E-state index contributed by atoms with van der Waals surface area (Å²) in [4.78, 5) is 44.6. The van der Waals surface area contributed by atoms with Crippen LogP contribution in [0.2, 0.25) is 0 Å². The average molecular weight is 493 g/mol. The Morgan fingerprint density at radius 3 is 2.36 bits per heavy atom. The van der Waals surface area contributed by atoms with Gasteiger partial charge in [-0.1, -0.05) is 49.7 Å². The number of ketones is 1. The second kappa shape index (κ2) is 11.1. The van der Waals surface area contributed by atoms with Gasteiger partial charge in [0.2, 0.25) is 0 Å². The van der Waals surface area contributed by atoms with E-state index in [-0.39, 0.29) is 18.3 Å². The van der Waals surface area contributed by atoms with E-state index in [0.29, 0.717) is 23.4 Å². The van der Waals surface area contributed by atoms with Gasteiger partial charge in [-0.25, -0.2) is 4.79 Å². The standard InChI is InChI=1S/C29H36N2O5/c1-7-9-13-24-30-28(3,4)26(33)31(24)19-20-14-16-21(17-15-20)25(32)22-11-10-12-23(18-22)36-29(5,6)27(34)35-8-2/h10-12,14-18H,7-9,13,19H2,1-6H3. The number of ether oxygens (including phenoxy) is 2. The van der Waals surface area contributed by atoms with E-state index in [1.165, 1.54) is 0 Å². The number of hydrogen-bond donors (Lipinski definition) is 0. The molecule has 7 heteroatoms. The largest absolute Gasteiger partial charge is 0.476 e. The van der Waals surface area contributed by atoms with Gasteiger partial charge in [-0.3, -0.25) is 19.5 Å². The van der Waals surface area contributed by atoms with Crippen molar-refractivity contribution in [3.63, 3.8) is 0 Å². The van der Waals surface area contributed by atoms with Crippen molar-refractivity contribution in [1.82, 2.24) is 4.90 Å². The number of aliphatic imine (C=N–C) groups is 1. The van der Waals surface area contributed by atoms with Crippen LogP contribution in [-0.2, 0) is 20.9 Å². The molecule has 3 rings (SSSR count). The molecular weight excluding hydrogens is 456 g/mol. The highest BCUT2D eigenvalue weighted by Crippen LogP contribution is 2.27. The molecule has 7 nitrogen and oxygen atoms in total. The highest BCUT2D eigenvalue weighted by molar-refractivity contribution is 6.09. The smallest absolute Gasteiger partial charge is 0.349 e. The van der Waals surface area contributed by atoms with Crippen LogP contribution in [0.5, 0.6) is 5.75 Å². The summed E-state index contributed by atoms with van der Waals surface area (Å²) in [7, 11) is 0. The maximum absolute atomic E-state index is 13.1. The summed E-state index contributed by atoms with van der Waals surface area (Å²) in [6.45, 7) is 11.5. The quantitative estimate of drug-likeness (QED) is 0.312. The van der Waals surface area contributed by atoms with Crippen molar-refractivity contribution in [3.05, 3.63) is 65.2 Å². The number of carbonyl (C=O) groups excluding carboxylic acids is 3. The molecule has 36 heavy (non-hydrogen) atoms. The lowest BCUT2D eigenvalue weighted by Gasteiger charge is -2.24. The lowest BCUT2D eigenvalue weighted by Crippen LogP contribution is -2.39. The molecule has 2 aromatic rings. The summed E-state index contributed by atoms with van der Waals surface area (Å²) in [6, 6.07) is 14.0. The number of carbonyl (C=O) groups is 3. The second-order valence-corrected chi connectivity index (χ2v) is 9.97. The fourth-order valence-electron chi connectivity index (χ4n) is 4.02. The third-order valence-electron chi connectivity index (χ3n) is 6.04. The predicted molar refractivity (Wildman–Crippen MR) is 139 cm³/mol. The number of nitrogens with zero attached hydrogens (tertiary/aromatic N) is 2. The molecule has 0 aliphatic carbocycles. The van der Waals surface area contributed by atoms with E-state index in [4.69, 9.17) is 9.47 Å². The molecule has 0 radical (unpaired) electrons. The molecule has 0 N–H and O–H groups in total. The summed E-state index contributed by atoms with van der Waals surface area (Å²) in [5.74, 6) is 0.597. The molecule has 0 saturated heterocycles. The van der Waals surface area contributed by atoms with Gasteiger partial charge in [0, 0.05) is 17.5 Å². The van der Waals surface area contributed by atoms with Crippen molar-refractivity contribution < 1.29 is 23.9 Å². The Balaban J connectivity index is 1.72. The topological polar surface area (TPSA) is 85.3 Å². The SMILES string of the molecule is CCCCC1=NC(C)(C)C(=O)N1Cc1ccc(C(=O)c2cccc(OC(C)(C)C(=O)OCC)c2)cc1. The van der Waals surface area contributed by atoms with Crippen LogP contribution < -0.4 is 4.74 Å². The minimum absolute atomic E-state index is 0.00341. The normalized spacial score (nSPS) is 15.0. The maximum atomic E-state index is 13.1. The lowest BCUT2D eigenvalue weighted by molar-refractivity contribution is -0.158. The molecule has 0 unspecified atom stereocenters. The summed E-state index contributed by atoms with van der Waals surface area (Å²) < 4.78 is 10.9. The Labute approximate surface area is 213 Å². The number of amides is 1. The molecule has 1 amide bonds. The molecule has 1 aliphatic heterocycles. The van der Waals surface area contributed by atoms with Crippen LogP contribution in [0.4, 0.5) is 0 Å². The number of unbranched alkanes of at least 4 members (excludes halogenated alkanes) is 1. The van der Waals surface area contributed by atoms with Crippen LogP contribution in [0.15, 0.2) is 53.5 Å². The van der Waals surface area contributed by atoms with E-state index in [1.54, 1.807) is 62.1 Å². The molecule has 2 aromatic carbocycles. The molecule has 192 valence electrons. The van der Waals surface area contributed by atoms with Crippen LogP contribution >= 0.6 is 0 Å². The van der Waals surface area contributed by atoms with Crippen molar-refractivity contribution in [3.8, 4) is 5.75 Å². The molecular formula is C29H36N2O5. The number of hydrogen-bond acceptors (Lipinski definition) is 6. The maximum Gasteiger partial charge on any atom is 0.349 e. The molecule has 0 fully saturated rings. The molecule has 1 heterocycles. The van der Waals surface area contributed by atoms with Crippen molar-refractivity contribution >= 4 is 23.5 Å². The van der Waals surface area contributed by atoms with E-state index in [2.05, 4.69) is 11.9 Å². The van der Waals surface area contributed by atoms with Crippen molar-refractivity contribution in [1.29, 1.82) is 0 Å². The van der Waals surface area contributed by atoms with Crippen LogP contribution in [0.25, 0.3) is 0 Å². The highest BCUT2D eigenvalue weighted by Gasteiger charge is 2.40. The van der Waals surface area contributed by atoms with E-state index < -0.39 is 17.1 Å². The zero-order valence-corrected chi connectivity index (χ0v) is 22.1. The van der Waals surface area contributed by atoms with E-state index in [1.807, 2.05) is 26.0 Å². The van der Waals surface area contributed by atoms with Crippen LogP contribution in [0.3, 0.4) is 0 Å². The van der Waals surface area contributed by atoms with E-state index in [0.717, 1.165) is 30.7 Å². The Kier molecular flexibility index (Phi) is 8.33. The molecule has 0 saturated carbocycles. The van der Waals surface area contributed by atoms with Gasteiger partial charge in [0.25, 0.3) is 5.91 Å². The van der Waals surface area contributed by atoms with E-state index in [9.17, 15) is 14.4 Å². The Bertz CT molecular complexity index is 1150. The summed E-state index contributed by atoms with van der Waals surface area (Å²) in [5, 5.41) is 0. The Morgan fingerprint density at radius 1 is 1.03 bits per heavy atom. The first-order valence-electron chi connectivity index (χ1n) is 12.5. The van der Waals surface area contributed by atoms with Gasteiger partial charge < -0.3 is 9.47 Å². The van der Waals surface area contributed by atoms with Crippen molar-refractivity contribution in [2.24, 2.45) is 4.99 Å². The van der Waals surface area contributed by atoms with Gasteiger partial charge in [-0.05, 0) is 58.7 Å². The van der Waals surface area contributed by atoms with Crippen molar-refractivity contribution in [2.45, 2.75) is 78.5 Å². The van der Waals surface area contributed by atoms with Gasteiger partial charge in [-0.15, -0.1) is 0 Å². The van der Waals surface area contributed by atoms with E-state index >= 15 is 0 Å². The molecule has 1 aliphatic rings. The first kappa shape index (κ1) is 27.1. The van der Waals surface area contributed by atoms with Gasteiger partial charge in [-0.2, -0.15) is 0 Å². The molecule has 0 spiro atoms. The second-order valence-electron chi connectivity index (χ2n) is 9.97. The Morgan fingerprint density at radius 2 is 1.72 bits per heavy atom.